The minimum Gasteiger partial charge on any atom is -0.336 e. The number of hydrogen-bond acceptors (Lipinski definition) is 5. The number of allylic oxidation sites excluding steroid dienone is 3. The average Bonchev–Trinajstić information content (AvgIpc) is 3.39. The van der Waals surface area contributed by atoms with Crippen molar-refractivity contribution in [1.82, 2.24) is 9.97 Å². The van der Waals surface area contributed by atoms with Gasteiger partial charge in [-0.2, -0.15) is 0 Å². The van der Waals surface area contributed by atoms with Gasteiger partial charge in [0.2, 0.25) is 0 Å². The summed E-state index contributed by atoms with van der Waals surface area (Å²) in [4.78, 5) is 16.7. The summed E-state index contributed by atoms with van der Waals surface area (Å²) in [5.41, 5.74) is 19.1. The topological polar surface area (TPSA) is 35.5 Å². The monoisotopic (exact) mass is 849 g/mol. The molecule has 0 bridgehead atoms. The van der Waals surface area contributed by atoms with Gasteiger partial charge >= 0.3 is 0 Å². The number of para-hydroxylation sites is 5. The van der Waals surface area contributed by atoms with E-state index in [0.29, 0.717) is 0 Å². The lowest BCUT2D eigenvalue weighted by Gasteiger charge is -2.54. The van der Waals surface area contributed by atoms with Crippen molar-refractivity contribution in [2.45, 2.75) is 31.3 Å². The summed E-state index contributed by atoms with van der Waals surface area (Å²) >= 11 is 0. The number of rotatable bonds is 8. The van der Waals surface area contributed by atoms with Gasteiger partial charge in [-0.15, -0.1) is 0 Å². The van der Waals surface area contributed by atoms with Crippen molar-refractivity contribution in [2.24, 2.45) is 0 Å². The summed E-state index contributed by atoms with van der Waals surface area (Å²) in [6.45, 7) is 2.87. The molecule has 0 radical (unpaired) electrons. The quantitative estimate of drug-likeness (QED) is 0.142. The molecule has 3 aliphatic heterocycles. The molecule has 2 unspecified atom stereocenters. The van der Waals surface area contributed by atoms with Crippen LogP contribution in [0.1, 0.15) is 35.6 Å². The van der Waals surface area contributed by atoms with Crippen LogP contribution < -0.4 is 14.7 Å². The SMILES string of the molecule is C/C=C\C=C/C1CC2(c3ccccc3N3Cc4ccc(-c5ncccn5)cc4-c4cccc2c43)c2ccccc2N1c1ccc(-c2ccc(N(c3ccccc3)c3ccccc3)cc2)cc1. The first-order valence-electron chi connectivity index (χ1n) is 22.9. The predicted molar refractivity (Wildman–Crippen MR) is 273 cm³/mol. The van der Waals surface area contributed by atoms with Crippen LogP contribution in [0.5, 0.6) is 0 Å². The van der Waals surface area contributed by atoms with Gasteiger partial charge in [0.15, 0.2) is 5.82 Å². The number of fused-ring (bicyclic) bond motifs is 8. The largest absolute Gasteiger partial charge is 0.336 e. The molecule has 9 aromatic rings. The molecule has 5 heteroatoms. The molecule has 1 aromatic heterocycles. The predicted octanol–water partition coefficient (Wildman–Crippen LogP) is 15.3. The van der Waals surface area contributed by atoms with E-state index in [2.05, 4.69) is 250 Å². The Labute approximate surface area is 386 Å². The first-order valence-corrected chi connectivity index (χ1v) is 22.9. The molecule has 1 spiro atoms. The third-order valence-corrected chi connectivity index (χ3v) is 13.7. The molecule has 0 fully saturated rings. The summed E-state index contributed by atoms with van der Waals surface area (Å²) in [6.07, 6.45) is 13.4. The molecule has 0 amide bonds. The standard InChI is InChI=1S/C61H47N5/c1-2-3-6-21-51-41-61(54-23-11-13-26-57(54)64-42-46-29-28-45(60-62-38-16-39-63-60)40-53(46)52-22-15-25-56(61)59(52)64)55-24-12-14-27-58(55)66(51)50-36-32-44(33-37-50)43-30-34-49(35-31-43)65(47-17-7-4-8-18-47)48-19-9-5-10-20-48/h2-40,51H,41-42H2,1H3/b3-2-,21-6-. The maximum atomic E-state index is 4.62. The van der Waals surface area contributed by atoms with Crippen molar-refractivity contribution in [2.75, 3.05) is 14.7 Å². The van der Waals surface area contributed by atoms with Crippen molar-refractivity contribution in [1.29, 1.82) is 0 Å². The Morgan fingerprint density at radius 3 is 1.82 bits per heavy atom. The highest BCUT2D eigenvalue weighted by Crippen LogP contribution is 2.62. The van der Waals surface area contributed by atoms with Gasteiger partial charge in [0, 0.05) is 64.2 Å². The van der Waals surface area contributed by atoms with Gasteiger partial charge in [-0.25, -0.2) is 9.97 Å². The van der Waals surface area contributed by atoms with Gasteiger partial charge < -0.3 is 14.7 Å². The lowest BCUT2D eigenvalue weighted by molar-refractivity contribution is 0.488. The molecule has 0 aliphatic carbocycles. The molecule has 0 saturated heterocycles. The highest BCUT2D eigenvalue weighted by molar-refractivity contribution is 5.96. The fourth-order valence-electron chi connectivity index (χ4n) is 10.9. The smallest absolute Gasteiger partial charge is 0.159 e. The molecule has 0 N–H and O–H groups in total. The Morgan fingerprint density at radius 1 is 0.530 bits per heavy atom. The minimum absolute atomic E-state index is 0.0383. The molecule has 3 aliphatic rings. The van der Waals surface area contributed by atoms with Crippen LogP contribution in [-0.2, 0) is 12.0 Å². The zero-order valence-corrected chi connectivity index (χ0v) is 36.7. The number of benzene rings is 8. The maximum Gasteiger partial charge on any atom is 0.159 e. The summed E-state index contributed by atoms with van der Waals surface area (Å²) in [5.74, 6) is 0.742. The van der Waals surface area contributed by atoms with E-state index in [1.54, 1.807) is 0 Å². The lowest BCUT2D eigenvalue weighted by Crippen LogP contribution is -2.48. The van der Waals surface area contributed by atoms with Crippen molar-refractivity contribution >= 4 is 39.8 Å². The fraction of sp³-hybridized carbons (Fsp3) is 0.0820. The zero-order chi connectivity index (χ0) is 44.0. The van der Waals surface area contributed by atoms with Gasteiger partial charge in [-0.3, -0.25) is 0 Å². The summed E-state index contributed by atoms with van der Waals surface area (Å²) < 4.78 is 0. The molecule has 12 rings (SSSR count). The minimum atomic E-state index is -0.427. The van der Waals surface area contributed by atoms with E-state index in [1.807, 2.05) is 18.5 Å². The molecule has 316 valence electrons. The van der Waals surface area contributed by atoms with Crippen LogP contribution in [0.2, 0.25) is 0 Å². The van der Waals surface area contributed by atoms with E-state index < -0.39 is 5.41 Å². The zero-order valence-electron chi connectivity index (χ0n) is 36.7. The van der Waals surface area contributed by atoms with Crippen LogP contribution in [0.3, 0.4) is 0 Å². The van der Waals surface area contributed by atoms with Crippen LogP contribution >= 0.6 is 0 Å². The van der Waals surface area contributed by atoms with Crippen LogP contribution in [0, 0.1) is 0 Å². The molecule has 5 nitrogen and oxygen atoms in total. The second-order valence-corrected chi connectivity index (χ2v) is 17.3. The molecule has 0 saturated carbocycles. The number of anilines is 7. The highest BCUT2D eigenvalue weighted by atomic mass is 15.2. The van der Waals surface area contributed by atoms with Crippen LogP contribution in [-0.4, -0.2) is 16.0 Å². The average molecular weight is 850 g/mol. The Hall–Kier alpha value is -8.28. The highest BCUT2D eigenvalue weighted by Gasteiger charge is 2.52. The van der Waals surface area contributed by atoms with E-state index in [-0.39, 0.29) is 6.04 Å². The molecule has 8 aromatic carbocycles. The Balaban J connectivity index is 0.961. The van der Waals surface area contributed by atoms with Gasteiger partial charge in [0.1, 0.15) is 0 Å². The Bertz CT molecular complexity index is 3230. The number of nitrogens with zero attached hydrogens (tertiary/aromatic N) is 5. The molecule has 66 heavy (non-hydrogen) atoms. The first-order chi connectivity index (χ1) is 32.7. The fourth-order valence-corrected chi connectivity index (χ4v) is 10.9. The van der Waals surface area contributed by atoms with E-state index >= 15 is 0 Å². The van der Waals surface area contributed by atoms with Crippen molar-refractivity contribution < 1.29 is 0 Å². The van der Waals surface area contributed by atoms with Gasteiger partial charge in [0.25, 0.3) is 0 Å². The van der Waals surface area contributed by atoms with Crippen molar-refractivity contribution in [3.8, 4) is 33.6 Å². The van der Waals surface area contributed by atoms with Gasteiger partial charge in [-0.05, 0) is 125 Å². The maximum absolute atomic E-state index is 4.62. The third kappa shape index (κ3) is 6.46. The summed E-state index contributed by atoms with van der Waals surface area (Å²) in [6, 6.07) is 73.2. The van der Waals surface area contributed by atoms with Gasteiger partial charge in [0.05, 0.1) is 17.1 Å². The van der Waals surface area contributed by atoms with E-state index in [4.69, 9.17) is 0 Å². The first kappa shape index (κ1) is 39.3. The van der Waals surface area contributed by atoms with Crippen molar-refractivity contribution in [3.05, 3.63) is 259 Å². The van der Waals surface area contributed by atoms with Gasteiger partial charge in [-0.1, -0.05) is 152 Å². The number of aromatic nitrogens is 2. The van der Waals surface area contributed by atoms with Crippen LogP contribution in [0.4, 0.5) is 39.8 Å². The molecule has 4 heterocycles. The molecular formula is C61H47N5. The molecule has 2 atom stereocenters. The second-order valence-electron chi connectivity index (χ2n) is 17.3. The second kappa shape index (κ2) is 16.4. The van der Waals surface area contributed by atoms with E-state index in [0.717, 1.165) is 47.1 Å². The Morgan fingerprint density at radius 2 is 1.12 bits per heavy atom. The third-order valence-electron chi connectivity index (χ3n) is 13.7. The summed E-state index contributed by atoms with van der Waals surface area (Å²) in [7, 11) is 0. The van der Waals surface area contributed by atoms with Crippen LogP contribution in [0.15, 0.2) is 237 Å². The molecular weight excluding hydrogens is 803 g/mol. The van der Waals surface area contributed by atoms with E-state index in [9.17, 15) is 0 Å². The number of hydrogen-bond donors (Lipinski definition) is 0. The Kier molecular flexibility index (Phi) is 9.75. The van der Waals surface area contributed by atoms with E-state index in [1.165, 1.54) is 61.6 Å². The normalized spacial score (nSPS) is 16.8. The lowest BCUT2D eigenvalue weighted by atomic mass is 9.60. The van der Waals surface area contributed by atoms with Crippen LogP contribution in [0.25, 0.3) is 33.6 Å². The summed E-state index contributed by atoms with van der Waals surface area (Å²) in [5, 5.41) is 0. The van der Waals surface area contributed by atoms with Crippen molar-refractivity contribution in [3.63, 3.8) is 0 Å².